The molecule has 0 N–H and O–H groups in total. The van der Waals surface area contributed by atoms with Crippen LogP contribution in [0.3, 0.4) is 0 Å². The molecular weight excluding hydrogens is 138 g/mol. The average molecular weight is 143 g/mol. The number of rotatable bonds is 0. The Morgan fingerprint density at radius 3 is 3.18 bits per heavy atom. The predicted octanol–water partition coefficient (Wildman–Crippen LogP) is 1.21. The van der Waals surface area contributed by atoms with Crippen molar-refractivity contribution in [3.8, 4) is 6.07 Å². The molecule has 0 saturated carbocycles. The largest absolute Gasteiger partial charge is 0.320 e. The normalized spacial score (nSPS) is 9.73. The summed E-state index contributed by atoms with van der Waals surface area (Å²) in [5.74, 6) is 0. The van der Waals surface area contributed by atoms with E-state index >= 15 is 0 Å². The lowest BCUT2D eigenvalue weighted by atomic mass is 10.4. The molecule has 0 aliphatic heterocycles. The van der Waals surface area contributed by atoms with Crippen molar-refractivity contribution in [2.75, 3.05) is 0 Å². The van der Waals surface area contributed by atoms with Crippen molar-refractivity contribution in [1.29, 1.82) is 5.26 Å². The average Bonchev–Trinajstić information content (AvgIpc) is 2.50. The van der Waals surface area contributed by atoms with E-state index in [-0.39, 0.29) is 0 Å². The smallest absolute Gasteiger partial charge is 0.164 e. The van der Waals surface area contributed by atoms with Crippen LogP contribution in [-0.2, 0) is 0 Å². The zero-order chi connectivity index (χ0) is 7.68. The van der Waals surface area contributed by atoms with Gasteiger partial charge in [-0.25, -0.2) is 4.98 Å². The number of aromatic nitrogens is 2. The molecule has 52 valence electrons. The van der Waals surface area contributed by atoms with E-state index in [2.05, 4.69) is 4.98 Å². The van der Waals surface area contributed by atoms with Crippen molar-refractivity contribution in [3.63, 3.8) is 0 Å². The molecule has 2 heterocycles. The minimum atomic E-state index is 0.470. The van der Waals surface area contributed by atoms with Crippen molar-refractivity contribution in [2.24, 2.45) is 0 Å². The standard InChI is InChI=1S/C8H5N3/c9-6-7-8-2-1-4-11(8)5-3-10-7/h1-5H. The Bertz CT molecular complexity index is 422. The van der Waals surface area contributed by atoms with Crippen molar-refractivity contribution < 1.29 is 0 Å². The molecule has 11 heavy (non-hydrogen) atoms. The molecule has 0 atom stereocenters. The lowest BCUT2D eigenvalue weighted by Gasteiger charge is -1.92. The zero-order valence-electron chi connectivity index (χ0n) is 5.73. The lowest BCUT2D eigenvalue weighted by molar-refractivity contribution is 1.12. The van der Waals surface area contributed by atoms with E-state index in [9.17, 15) is 0 Å². The Morgan fingerprint density at radius 1 is 1.45 bits per heavy atom. The molecule has 0 fully saturated rings. The Balaban J connectivity index is 2.92. The summed E-state index contributed by atoms with van der Waals surface area (Å²) in [6.07, 6.45) is 5.32. The Hall–Kier alpha value is -1.82. The first-order valence-electron chi connectivity index (χ1n) is 3.23. The van der Waals surface area contributed by atoms with Crippen LogP contribution in [0.1, 0.15) is 5.69 Å². The second-order valence-corrected chi connectivity index (χ2v) is 2.19. The van der Waals surface area contributed by atoms with Crippen LogP contribution in [0.5, 0.6) is 0 Å². The molecule has 0 aliphatic carbocycles. The molecular formula is C8H5N3. The van der Waals surface area contributed by atoms with Gasteiger partial charge in [0.25, 0.3) is 0 Å². The number of hydrogen-bond donors (Lipinski definition) is 0. The maximum absolute atomic E-state index is 8.63. The molecule has 3 heteroatoms. The van der Waals surface area contributed by atoms with Gasteiger partial charge in [-0.05, 0) is 12.1 Å². The SMILES string of the molecule is N#Cc1nccn2cccc12. The highest BCUT2D eigenvalue weighted by Gasteiger charge is 1.97. The summed E-state index contributed by atoms with van der Waals surface area (Å²) < 4.78 is 1.87. The third-order valence-corrected chi connectivity index (χ3v) is 1.56. The van der Waals surface area contributed by atoms with Crippen molar-refractivity contribution in [1.82, 2.24) is 9.38 Å². The third-order valence-electron chi connectivity index (χ3n) is 1.56. The van der Waals surface area contributed by atoms with E-state index in [0.717, 1.165) is 5.52 Å². The number of hydrogen-bond acceptors (Lipinski definition) is 2. The first kappa shape index (κ1) is 5.93. The maximum Gasteiger partial charge on any atom is 0.164 e. The molecule has 2 aromatic rings. The van der Waals surface area contributed by atoms with Gasteiger partial charge in [0, 0.05) is 18.6 Å². The van der Waals surface area contributed by atoms with Gasteiger partial charge in [0.1, 0.15) is 6.07 Å². The third kappa shape index (κ3) is 0.767. The van der Waals surface area contributed by atoms with Gasteiger partial charge in [-0.3, -0.25) is 0 Å². The molecule has 0 aromatic carbocycles. The van der Waals surface area contributed by atoms with E-state index < -0.39 is 0 Å². The van der Waals surface area contributed by atoms with Crippen LogP contribution < -0.4 is 0 Å². The summed E-state index contributed by atoms with van der Waals surface area (Å²) in [5, 5.41) is 8.63. The summed E-state index contributed by atoms with van der Waals surface area (Å²) in [5.41, 5.74) is 1.33. The summed E-state index contributed by atoms with van der Waals surface area (Å²) >= 11 is 0. The topological polar surface area (TPSA) is 41.1 Å². The molecule has 2 aromatic heterocycles. The van der Waals surface area contributed by atoms with Gasteiger partial charge in [0.05, 0.1) is 5.52 Å². The van der Waals surface area contributed by atoms with Gasteiger partial charge in [-0.2, -0.15) is 5.26 Å². The van der Waals surface area contributed by atoms with Crippen LogP contribution in [0.25, 0.3) is 5.52 Å². The van der Waals surface area contributed by atoms with E-state index in [0.29, 0.717) is 5.69 Å². The van der Waals surface area contributed by atoms with Crippen LogP contribution in [0, 0.1) is 11.3 Å². The number of nitriles is 1. The van der Waals surface area contributed by atoms with Gasteiger partial charge in [-0.15, -0.1) is 0 Å². The maximum atomic E-state index is 8.63. The van der Waals surface area contributed by atoms with E-state index in [1.165, 1.54) is 0 Å². The van der Waals surface area contributed by atoms with Gasteiger partial charge < -0.3 is 4.40 Å². The zero-order valence-corrected chi connectivity index (χ0v) is 5.73. The van der Waals surface area contributed by atoms with Crippen LogP contribution >= 0.6 is 0 Å². The summed E-state index contributed by atoms with van der Waals surface area (Å²) in [6, 6.07) is 5.78. The Kier molecular flexibility index (Phi) is 1.13. The van der Waals surface area contributed by atoms with E-state index in [4.69, 9.17) is 5.26 Å². The number of fused-ring (bicyclic) bond motifs is 1. The molecule has 2 rings (SSSR count). The first-order chi connectivity index (χ1) is 5.42. The van der Waals surface area contributed by atoms with E-state index in [1.807, 2.05) is 35.0 Å². The van der Waals surface area contributed by atoms with Gasteiger partial charge in [-0.1, -0.05) is 0 Å². The van der Waals surface area contributed by atoms with Gasteiger partial charge in [0.15, 0.2) is 5.69 Å². The Morgan fingerprint density at radius 2 is 2.36 bits per heavy atom. The molecule has 0 spiro atoms. The van der Waals surface area contributed by atoms with Crippen molar-refractivity contribution >= 4 is 5.52 Å². The minimum absolute atomic E-state index is 0.470. The fourth-order valence-electron chi connectivity index (χ4n) is 1.06. The molecule has 0 aliphatic rings. The molecule has 0 unspecified atom stereocenters. The van der Waals surface area contributed by atoms with Crippen LogP contribution in [-0.4, -0.2) is 9.38 Å². The van der Waals surface area contributed by atoms with Crippen LogP contribution in [0.2, 0.25) is 0 Å². The highest BCUT2D eigenvalue weighted by atomic mass is 14.9. The predicted molar refractivity (Wildman–Crippen MR) is 39.9 cm³/mol. The number of nitrogens with zero attached hydrogens (tertiary/aromatic N) is 3. The molecule has 0 bridgehead atoms. The first-order valence-corrected chi connectivity index (χ1v) is 3.23. The van der Waals surface area contributed by atoms with Crippen molar-refractivity contribution in [3.05, 3.63) is 36.4 Å². The highest BCUT2D eigenvalue weighted by Crippen LogP contribution is 2.06. The lowest BCUT2D eigenvalue weighted by Crippen LogP contribution is -1.88. The van der Waals surface area contributed by atoms with Crippen molar-refractivity contribution in [2.45, 2.75) is 0 Å². The Labute approximate surface area is 63.5 Å². The fraction of sp³-hybridized carbons (Fsp3) is 0. The summed E-state index contributed by atoms with van der Waals surface area (Å²) in [4.78, 5) is 3.92. The summed E-state index contributed by atoms with van der Waals surface area (Å²) in [6.45, 7) is 0. The second kappa shape index (κ2) is 2.10. The van der Waals surface area contributed by atoms with Gasteiger partial charge in [0.2, 0.25) is 0 Å². The van der Waals surface area contributed by atoms with E-state index in [1.54, 1.807) is 6.20 Å². The summed E-state index contributed by atoms with van der Waals surface area (Å²) in [7, 11) is 0. The molecule has 0 amide bonds. The molecule has 3 nitrogen and oxygen atoms in total. The molecule has 0 radical (unpaired) electrons. The molecule has 0 saturated heterocycles. The highest BCUT2D eigenvalue weighted by molar-refractivity contribution is 5.57. The monoisotopic (exact) mass is 143 g/mol. The van der Waals surface area contributed by atoms with Crippen LogP contribution in [0.15, 0.2) is 30.7 Å². The fourth-order valence-corrected chi connectivity index (χ4v) is 1.06. The van der Waals surface area contributed by atoms with Crippen LogP contribution in [0.4, 0.5) is 0 Å². The second-order valence-electron chi connectivity index (χ2n) is 2.19. The minimum Gasteiger partial charge on any atom is -0.320 e. The quantitative estimate of drug-likeness (QED) is 0.556. The van der Waals surface area contributed by atoms with Gasteiger partial charge >= 0.3 is 0 Å².